The van der Waals surface area contributed by atoms with E-state index in [9.17, 15) is 9.59 Å². The quantitative estimate of drug-likeness (QED) is 0.804. The van der Waals surface area contributed by atoms with E-state index in [-0.39, 0.29) is 17.9 Å². The van der Waals surface area contributed by atoms with Gasteiger partial charge < -0.3 is 14.5 Å². The van der Waals surface area contributed by atoms with Crippen LogP contribution in [0, 0.1) is 5.92 Å². The molecule has 2 saturated heterocycles. The molecule has 2 atom stereocenters. The van der Waals surface area contributed by atoms with E-state index in [0.717, 1.165) is 75.0 Å². The maximum absolute atomic E-state index is 12.9. The third-order valence-corrected chi connectivity index (χ3v) is 6.53. The summed E-state index contributed by atoms with van der Waals surface area (Å²) in [6, 6.07) is 8.01. The van der Waals surface area contributed by atoms with Crippen LogP contribution in [0.1, 0.15) is 44.1 Å². The van der Waals surface area contributed by atoms with Gasteiger partial charge in [0.05, 0.1) is 13.5 Å². The van der Waals surface area contributed by atoms with Gasteiger partial charge >= 0.3 is 0 Å². The van der Waals surface area contributed by atoms with Crippen LogP contribution in [0.3, 0.4) is 0 Å². The van der Waals surface area contributed by atoms with Crippen molar-refractivity contribution in [2.75, 3.05) is 26.7 Å². The molecule has 150 valence electrons. The number of hydrogen-bond acceptors (Lipinski definition) is 3. The number of allylic oxidation sites excluding steroid dienone is 1. The van der Waals surface area contributed by atoms with E-state index < -0.39 is 0 Å². The zero-order valence-corrected chi connectivity index (χ0v) is 16.7. The number of amides is 2. The number of piperidine rings is 2. The van der Waals surface area contributed by atoms with Crippen molar-refractivity contribution in [2.45, 2.75) is 51.0 Å². The Hall–Kier alpha value is -2.30. The molecule has 0 radical (unpaired) electrons. The van der Waals surface area contributed by atoms with Crippen LogP contribution in [-0.2, 0) is 16.0 Å². The molecule has 0 bridgehead atoms. The fourth-order valence-corrected chi connectivity index (χ4v) is 5.06. The Morgan fingerprint density at radius 3 is 2.79 bits per heavy atom. The first-order valence-corrected chi connectivity index (χ1v) is 10.6. The normalized spacial score (nSPS) is 24.5. The number of ether oxygens (including phenoxy) is 1. The molecule has 0 aromatic heterocycles. The summed E-state index contributed by atoms with van der Waals surface area (Å²) in [5, 5.41) is 0. The van der Waals surface area contributed by atoms with Gasteiger partial charge in [-0.2, -0.15) is 0 Å². The van der Waals surface area contributed by atoms with Crippen molar-refractivity contribution in [3.8, 4) is 5.75 Å². The van der Waals surface area contributed by atoms with Crippen LogP contribution in [0.15, 0.2) is 35.9 Å². The highest BCUT2D eigenvalue weighted by Crippen LogP contribution is 2.33. The summed E-state index contributed by atoms with van der Waals surface area (Å²) in [5.74, 6) is 1.57. The molecule has 0 N–H and O–H groups in total. The molecule has 1 aliphatic carbocycles. The average molecular weight is 383 g/mol. The van der Waals surface area contributed by atoms with Gasteiger partial charge in [0.1, 0.15) is 5.75 Å². The first-order valence-electron chi connectivity index (χ1n) is 10.6. The van der Waals surface area contributed by atoms with Gasteiger partial charge in [0.2, 0.25) is 11.8 Å². The number of likely N-dealkylation sites (tertiary alicyclic amines) is 2. The summed E-state index contributed by atoms with van der Waals surface area (Å²) in [7, 11) is 1.64. The molecule has 2 aliphatic heterocycles. The number of fused-ring (bicyclic) bond motifs is 1. The van der Waals surface area contributed by atoms with Gasteiger partial charge in [-0.25, -0.2) is 0 Å². The third-order valence-electron chi connectivity index (χ3n) is 6.53. The van der Waals surface area contributed by atoms with Crippen LogP contribution in [0.4, 0.5) is 0 Å². The zero-order chi connectivity index (χ0) is 19.5. The Morgan fingerprint density at radius 2 is 2.00 bits per heavy atom. The molecule has 5 heteroatoms. The number of benzene rings is 1. The van der Waals surface area contributed by atoms with E-state index in [1.54, 1.807) is 7.11 Å². The zero-order valence-electron chi connectivity index (χ0n) is 16.7. The summed E-state index contributed by atoms with van der Waals surface area (Å²) in [4.78, 5) is 30.0. The molecule has 3 aliphatic rings. The number of hydrogen-bond donors (Lipinski definition) is 0. The van der Waals surface area contributed by atoms with Gasteiger partial charge in [0.25, 0.3) is 0 Å². The lowest BCUT2D eigenvalue weighted by molar-refractivity contribution is -0.139. The number of rotatable bonds is 4. The molecule has 0 saturated carbocycles. The Labute approximate surface area is 167 Å². The van der Waals surface area contributed by atoms with Gasteiger partial charge in [-0.15, -0.1) is 0 Å². The van der Waals surface area contributed by atoms with Crippen molar-refractivity contribution >= 4 is 11.8 Å². The van der Waals surface area contributed by atoms with Crippen molar-refractivity contribution in [1.29, 1.82) is 0 Å². The summed E-state index contributed by atoms with van der Waals surface area (Å²) in [6.45, 7) is 2.37. The summed E-state index contributed by atoms with van der Waals surface area (Å²) in [6.07, 6.45) is 8.59. The largest absolute Gasteiger partial charge is 0.496 e. The van der Waals surface area contributed by atoms with Gasteiger partial charge in [0.15, 0.2) is 0 Å². The Kier molecular flexibility index (Phi) is 5.69. The van der Waals surface area contributed by atoms with Crippen molar-refractivity contribution in [1.82, 2.24) is 9.80 Å². The lowest BCUT2D eigenvalue weighted by Gasteiger charge is -2.47. The Morgan fingerprint density at radius 1 is 1.14 bits per heavy atom. The van der Waals surface area contributed by atoms with E-state index in [1.807, 2.05) is 29.2 Å². The predicted molar refractivity (Wildman–Crippen MR) is 108 cm³/mol. The van der Waals surface area contributed by atoms with Crippen LogP contribution >= 0.6 is 0 Å². The number of methoxy groups -OCH3 is 1. The highest BCUT2D eigenvalue weighted by molar-refractivity contribution is 5.94. The van der Waals surface area contributed by atoms with Gasteiger partial charge in [0, 0.05) is 36.8 Å². The molecular formula is C23H30N2O3. The topological polar surface area (TPSA) is 49.9 Å². The average Bonchev–Trinajstić information content (AvgIpc) is 3.27. The maximum atomic E-state index is 12.9. The summed E-state index contributed by atoms with van der Waals surface area (Å²) >= 11 is 0. The highest BCUT2D eigenvalue weighted by Gasteiger charge is 2.39. The number of nitrogens with zero attached hydrogens (tertiary/aromatic N) is 2. The van der Waals surface area contributed by atoms with Crippen LogP contribution in [-0.4, -0.2) is 54.4 Å². The molecule has 28 heavy (non-hydrogen) atoms. The first kappa shape index (κ1) is 19.0. The van der Waals surface area contributed by atoms with Crippen molar-refractivity contribution in [3.63, 3.8) is 0 Å². The molecular weight excluding hydrogens is 352 g/mol. The van der Waals surface area contributed by atoms with E-state index in [0.29, 0.717) is 12.3 Å². The fourth-order valence-electron chi connectivity index (χ4n) is 5.06. The second-order valence-corrected chi connectivity index (χ2v) is 8.21. The van der Waals surface area contributed by atoms with Crippen LogP contribution in [0.2, 0.25) is 0 Å². The maximum Gasteiger partial charge on any atom is 0.249 e. The summed E-state index contributed by atoms with van der Waals surface area (Å²) < 4.78 is 5.39. The molecule has 1 aromatic rings. The van der Waals surface area contributed by atoms with E-state index in [1.165, 1.54) is 0 Å². The lowest BCUT2D eigenvalue weighted by atomic mass is 9.83. The van der Waals surface area contributed by atoms with Crippen LogP contribution < -0.4 is 4.74 Å². The first-order chi connectivity index (χ1) is 13.7. The smallest absolute Gasteiger partial charge is 0.249 e. The molecule has 4 rings (SSSR count). The third kappa shape index (κ3) is 3.80. The number of carbonyl (C=O) groups excluding carboxylic acids is 2. The summed E-state index contributed by atoms with van der Waals surface area (Å²) in [5.41, 5.74) is 1.95. The second-order valence-electron chi connectivity index (χ2n) is 8.21. The molecule has 0 unspecified atom stereocenters. The minimum absolute atomic E-state index is 0.157. The van der Waals surface area contributed by atoms with E-state index in [2.05, 4.69) is 11.0 Å². The molecule has 2 amide bonds. The number of para-hydroxylation sites is 1. The molecule has 5 nitrogen and oxygen atoms in total. The van der Waals surface area contributed by atoms with Crippen molar-refractivity contribution < 1.29 is 14.3 Å². The van der Waals surface area contributed by atoms with E-state index in [4.69, 9.17) is 4.74 Å². The minimum atomic E-state index is 0.157. The second kappa shape index (κ2) is 8.38. The van der Waals surface area contributed by atoms with E-state index >= 15 is 0 Å². The van der Waals surface area contributed by atoms with Gasteiger partial charge in [-0.1, -0.05) is 24.3 Å². The van der Waals surface area contributed by atoms with Crippen LogP contribution in [0.5, 0.6) is 5.75 Å². The molecule has 0 spiro atoms. The molecule has 2 fully saturated rings. The lowest BCUT2D eigenvalue weighted by Crippen LogP contribution is -2.57. The molecule has 1 aromatic carbocycles. The van der Waals surface area contributed by atoms with Gasteiger partial charge in [-0.05, 0) is 50.5 Å². The standard InChI is InChI=1S/C23H30N2O3/c1-28-21-11-5-4-9-18(21)15-22(26)24-14-12-20-19(16-24)10-6-13-25(20)23(27)17-7-2-3-8-17/h4-5,7,9,11,19-20H,2-3,6,8,10,12-16H2,1H3/t19-,20-/m1/s1. The van der Waals surface area contributed by atoms with Gasteiger partial charge in [-0.3, -0.25) is 9.59 Å². The molecule has 2 heterocycles. The minimum Gasteiger partial charge on any atom is -0.496 e. The van der Waals surface area contributed by atoms with Crippen molar-refractivity contribution in [3.05, 3.63) is 41.5 Å². The predicted octanol–water partition coefficient (Wildman–Crippen LogP) is 3.19. The number of carbonyl (C=O) groups is 2. The Balaban J connectivity index is 1.40. The fraction of sp³-hybridized carbons (Fsp3) is 0.565. The van der Waals surface area contributed by atoms with Crippen molar-refractivity contribution in [2.24, 2.45) is 5.92 Å². The van der Waals surface area contributed by atoms with Crippen LogP contribution in [0.25, 0.3) is 0 Å². The SMILES string of the molecule is COc1ccccc1CC(=O)N1CC[C@@H]2[C@H](CCCN2C(=O)C2=CCCC2)C1. The highest BCUT2D eigenvalue weighted by atomic mass is 16.5. The Bertz CT molecular complexity index is 773. The monoisotopic (exact) mass is 382 g/mol.